The molecule has 0 spiro atoms. The van der Waals surface area contributed by atoms with Gasteiger partial charge in [-0.05, 0) is 36.8 Å². The molecule has 2 aromatic carbocycles. The number of hydrogen-bond acceptors (Lipinski definition) is 3. The molecule has 0 saturated carbocycles. The Hall–Kier alpha value is -1.20. The van der Waals surface area contributed by atoms with Crippen LogP contribution in [0.5, 0.6) is 11.5 Å². The monoisotopic (exact) mass is 413 g/mol. The number of halogens is 2. The highest BCUT2D eigenvalue weighted by molar-refractivity contribution is 9.11. The highest BCUT2D eigenvalue weighted by atomic mass is 79.9. The fourth-order valence-corrected chi connectivity index (χ4v) is 3.48. The molecule has 3 nitrogen and oxygen atoms in total. The Balaban J connectivity index is 2.28. The molecule has 0 aliphatic rings. The molecule has 1 N–H and O–H groups in total. The van der Waals surface area contributed by atoms with Gasteiger partial charge in [-0.2, -0.15) is 0 Å². The maximum absolute atomic E-state index is 5.39. The van der Waals surface area contributed by atoms with Gasteiger partial charge in [-0.1, -0.05) is 37.9 Å². The first-order valence-corrected chi connectivity index (χ1v) is 8.07. The lowest BCUT2D eigenvalue weighted by Gasteiger charge is -2.19. The third-order valence-corrected chi connectivity index (χ3v) is 4.39. The normalized spacial score (nSPS) is 11.9. The van der Waals surface area contributed by atoms with E-state index >= 15 is 0 Å². The van der Waals surface area contributed by atoms with Crippen LogP contribution in [0.3, 0.4) is 0 Å². The summed E-state index contributed by atoms with van der Waals surface area (Å²) in [6, 6.07) is 12.0. The van der Waals surface area contributed by atoms with Crippen LogP contribution < -0.4 is 14.8 Å². The standard InChI is InChI=1S/C16H17Br2NO2/c1-10(13-6-4-11(17)8-14(13)18)19-15-9-12(20-2)5-7-16(15)21-3/h4-10,19H,1-3H3. The van der Waals surface area contributed by atoms with Crippen LogP contribution in [0.1, 0.15) is 18.5 Å². The minimum absolute atomic E-state index is 0.119. The Morgan fingerprint density at radius 3 is 2.38 bits per heavy atom. The zero-order valence-electron chi connectivity index (χ0n) is 12.1. The van der Waals surface area contributed by atoms with Gasteiger partial charge in [-0.15, -0.1) is 0 Å². The quantitative estimate of drug-likeness (QED) is 0.710. The maximum atomic E-state index is 5.39. The number of nitrogens with one attached hydrogen (secondary N) is 1. The molecule has 0 radical (unpaired) electrons. The minimum atomic E-state index is 0.119. The highest BCUT2D eigenvalue weighted by Crippen LogP contribution is 2.34. The molecule has 0 bridgehead atoms. The van der Waals surface area contributed by atoms with Crippen molar-refractivity contribution < 1.29 is 9.47 Å². The maximum Gasteiger partial charge on any atom is 0.142 e. The van der Waals surface area contributed by atoms with Gasteiger partial charge in [-0.25, -0.2) is 0 Å². The first-order valence-electron chi connectivity index (χ1n) is 6.48. The number of hydrogen-bond donors (Lipinski definition) is 1. The Morgan fingerprint density at radius 1 is 1.00 bits per heavy atom. The first kappa shape index (κ1) is 16.2. The Kier molecular flexibility index (Phi) is 5.53. The van der Waals surface area contributed by atoms with E-state index in [1.807, 2.05) is 30.3 Å². The van der Waals surface area contributed by atoms with E-state index in [-0.39, 0.29) is 6.04 Å². The summed E-state index contributed by atoms with van der Waals surface area (Å²) < 4.78 is 12.8. The summed E-state index contributed by atoms with van der Waals surface area (Å²) in [5.41, 5.74) is 2.07. The molecule has 1 unspecified atom stereocenters. The molecular formula is C16H17Br2NO2. The molecule has 21 heavy (non-hydrogen) atoms. The number of ether oxygens (including phenoxy) is 2. The number of benzene rings is 2. The van der Waals surface area contributed by atoms with Crippen LogP contribution in [-0.2, 0) is 0 Å². The van der Waals surface area contributed by atoms with E-state index in [1.54, 1.807) is 14.2 Å². The van der Waals surface area contributed by atoms with Gasteiger partial charge >= 0.3 is 0 Å². The second-order valence-electron chi connectivity index (χ2n) is 4.60. The summed E-state index contributed by atoms with van der Waals surface area (Å²) in [7, 11) is 3.31. The smallest absolute Gasteiger partial charge is 0.142 e. The van der Waals surface area contributed by atoms with Gasteiger partial charge in [0.05, 0.1) is 19.9 Å². The van der Waals surface area contributed by atoms with Crippen LogP contribution in [-0.4, -0.2) is 14.2 Å². The van der Waals surface area contributed by atoms with Crippen molar-refractivity contribution in [1.29, 1.82) is 0 Å². The van der Waals surface area contributed by atoms with Crippen molar-refractivity contribution in [2.45, 2.75) is 13.0 Å². The van der Waals surface area contributed by atoms with Crippen LogP contribution in [0.15, 0.2) is 45.3 Å². The number of anilines is 1. The topological polar surface area (TPSA) is 30.5 Å². The van der Waals surface area contributed by atoms with E-state index in [9.17, 15) is 0 Å². The highest BCUT2D eigenvalue weighted by Gasteiger charge is 2.13. The third-order valence-electron chi connectivity index (χ3n) is 3.21. The first-order chi connectivity index (χ1) is 10.0. The molecule has 2 aromatic rings. The molecule has 0 saturated heterocycles. The summed E-state index contributed by atoms with van der Waals surface area (Å²) in [6.45, 7) is 2.10. The van der Waals surface area contributed by atoms with Crippen LogP contribution in [0.4, 0.5) is 5.69 Å². The largest absolute Gasteiger partial charge is 0.497 e. The second-order valence-corrected chi connectivity index (χ2v) is 6.37. The minimum Gasteiger partial charge on any atom is -0.497 e. The van der Waals surface area contributed by atoms with Gasteiger partial charge in [0.25, 0.3) is 0 Å². The van der Waals surface area contributed by atoms with Crippen LogP contribution in [0.2, 0.25) is 0 Å². The van der Waals surface area contributed by atoms with Crippen LogP contribution in [0, 0.1) is 0 Å². The van der Waals surface area contributed by atoms with Gasteiger partial charge in [0.1, 0.15) is 11.5 Å². The second kappa shape index (κ2) is 7.18. The fourth-order valence-electron chi connectivity index (χ4n) is 2.09. The van der Waals surface area contributed by atoms with E-state index in [0.717, 1.165) is 26.1 Å². The molecule has 5 heteroatoms. The molecule has 112 valence electrons. The molecule has 0 amide bonds. The molecular weight excluding hydrogens is 398 g/mol. The number of methoxy groups -OCH3 is 2. The van der Waals surface area contributed by atoms with Crippen molar-refractivity contribution in [2.75, 3.05) is 19.5 Å². The summed E-state index contributed by atoms with van der Waals surface area (Å²) in [6.07, 6.45) is 0. The Bertz CT molecular complexity index is 632. The van der Waals surface area contributed by atoms with Crippen molar-refractivity contribution in [1.82, 2.24) is 0 Å². The van der Waals surface area contributed by atoms with Crippen molar-refractivity contribution in [3.8, 4) is 11.5 Å². The fraction of sp³-hybridized carbons (Fsp3) is 0.250. The number of rotatable bonds is 5. The van der Waals surface area contributed by atoms with Crippen molar-refractivity contribution in [3.63, 3.8) is 0 Å². The predicted molar refractivity (Wildman–Crippen MR) is 93.4 cm³/mol. The van der Waals surface area contributed by atoms with E-state index in [2.05, 4.69) is 50.2 Å². The van der Waals surface area contributed by atoms with E-state index in [1.165, 1.54) is 5.56 Å². The SMILES string of the molecule is COc1ccc(OC)c(NC(C)c2ccc(Br)cc2Br)c1. The zero-order valence-corrected chi connectivity index (χ0v) is 15.3. The molecule has 0 aromatic heterocycles. The lowest BCUT2D eigenvalue weighted by atomic mass is 10.1. The average molecular weight is 415 g/mol. The van der Waals surface area contributed by atoms with Gasteiger partial charge in [0, 0.05) is 21.1 Å². The molecule has 0 aliphatic heterocycles. The van der Waals surface area contributed by atoms with Crippen LogP contribution >= 0.6 is 31.9 Å². The summed E-state index contributed by atoms with van der Waals surface area (Å²) in [4.78, 5) is 0. The van der Waals surface area contributed by atoms with E-state index < -0.39 is 0 Å². The van der Waals surface area contributed by atoms with Crippen molar-refractivity contribution in [3.05, 3.63) is 50.9 Å². The molecule has 0 heterocycles. The summed E-state index contributed by atoms with van der Waals surface area (Å²) in [5.74, 6) is 1.58. The zero-order chi connectivity index (χ0) is 15.4. The molecule has 1 atom stereocenters. The predicted octanol–water partition coefficient (Wildman–Crippen LogP) is 5.40. The molecule has 0 aliphatic carbocycles. The average Bonchev–Trinajstić information content (AvgIpc) is 2.46. The lowest BCUT2D eigenvalue weighted by Crippen LogP contribution is -2.08. The van der Waals surface area contributed by atoms with Crippen LogP contribution in [0.25, 0.3) is 0 Å². The third kappa shape index (κ3) is 3.92. The Morgan fingerprint density at radius 2 is 1.76 bits per heavy atom. The van der Waals surface area contributed by atoms with Crippen molar-refractivity contribution >= 4 is 37.5 Å². The summed E-state index contributed by atoms with van der Waals surface area (Å²) in [5, 5.41) is 3.46. The molecule has 2 rings (SSSR count). The van der Waals surface area contributed by atoms with Gasteiger partial charge < -0.3 is 14.8 Å². The Labute approximate surface area is 141 Å². The van der Waals surface area contributed by atoms with E-state index in [4.69, 9.17) is 9.47 Å². The van der Waals surface area contributed by atoms with Crippen molar-refractivity contribution in [2.24, 2.45) is 0 Å². The van der Waals surface area contributed by atoms with Gasteiger partial charge in [-0.3, -0.25) is 0 Å². The van der Waals surface area contributed by atoms with Gasteiger partial charge in [0.2, 0.25) is 0 Å². The van der Waals surface area contributed by atoms with E-state index in [0.29, 0.717) is 0 Å². The lowest BCUT2D eigenvalue weighted by molar-refractivity contribution is 0.404. The molecule has 0 fully saturated rings. The van der Waals surface area contributed by atoms with Gasteiger partial charge in [0.15, 0.2) is 0 Å². The summed E-state index contributed by atoms with van der Waals surface area (Å²) >= 11 is 7.07.